The van der Waals surface area contributed by atoms with E-state index in [2.05, 4.69) is 46.7 Å². The Hall–Kier alpha value is -1.20. The van der Waals surface area contributed by atoms with Gasteiger partial charge in [-0.25, -0.2) is 0 Å². The molecule has 0 saturated carbocycles. The molecular weight excluding hydrogens is 220 g/mol. The van der Waals surface area contributed by atoms with E-state index in [4.69, 9.17) is 0 Å². The van der Waals surface area contributed by atoms with E-state index in [-0.39, 0.29) is 6.04 Å². The monoisotopic (exact) mass is 236 g/mol. The fourth-order valence-electron chi connectivity index (χ4n) is 1.60. The number of nitrogens with one attached hydrogen (secondary N) is 2. The molecule has 5 heteroatoms. The van der Waals surface area contributed by atoms with Crippen LogP contribution in [0.5, 0.6) is 0 Å². The summed E-state index contributed by atoms with van der Waals surface area (Å²) < 4.78 is 0. The molecule has 0 radical (unpaired) electrons. The van der Waals surface area contributed by atoms with Crippen LogP contribution in [0.1, 0.15) is 34.8 Å². The average Bonchev–Trinajstić information content (AvgIpc) is 2.91. The Kier molecular flexibility index (Phi) is 3.69. The van der Waals surface area contributed by atoms with E-state index in [0.717, 1.165) is 18.7 Å². The predicted molar refractivity (Wildman–Crippen MR) is 65.6 cm³/mol. The number of rotatable bonds is 5. The summed E-state index contributed by atoms with van der Waals surface area (Å²) >= 11 is 1.80. The lowest BCUT2D eigenvalue weighted by molar-refractivity contribution is 0.592. The van der Waals surface area contributed by atoms with Crippen molar-refractivity contribution in [3.8, 4) is 0 Å². The normalized spacial score (nSPS) is 12.9. The predicted octanol–water partition coefficient (Wildman–Crippen LogP) is 2.26. The van der Waals surface area contributed by atoms with Crippen LogP contribution >= 0.6 is 11.3 Å². The first kappa shape index (κ1) is 11.3. The first-order valence-electron chi connectivity index (χ1n) is 5.46. The van der Waals surface area contributed by atoms with Crippen LogP contribution < -0.4 is 5.32 Å². The van der Waals surface area contributed by atoms with Crippen molar-refractivity contribution >= 4 is 11.3 Å². The van der Waals surface area contributed by atoms with Gasteiger partial charge in [0.15, 0.2) is 0 Å². The van der Waals surface area contributed by atoms with Crippen molar-refractivity contribution in [2.75, 3.05) is 6.54 Å². The van der Waals surface area contributed by atoms with Gasteiger partial charge in [0.05, 0.1) is 12.2 Å². The first-order chi connectivity index (χ1) is 7.81. The van der Waals surface area contributed by atoms with E-state index in [1.165, 1.54) is 9.75 Å². The summed E-state index contributed by atoms with van der Waals surface area (Å²) in [7, 11) is 0. The molecule has 1 atom stereocenters. The van der Waals surface area contributed by atoms with Gasteiger partial charge in [-0.1, -0.05) is 6.92 Å². The first-order valence-corrected chi connectivity index (χ1v) is 6.28. The Labute approximate surface area is 99.1 Å². The third-order valence-corrected chi connectivity index (χ3v) is 3.44. The quantitative estimate of drug-likeness (QED) is 0.837. The van der Waals surface area contributed by atoms with Crippen molar-refractivity contribution in [2.24, 2.45) is 0 Å². The maximum Gasteiger partial charge on any atom is 0.105 e. The van der Waals surface area contributed by atoms with Crippen LogP contribution in [0, 0.1) is 6.92 Å². The third kappa shape index (κ3) is 2.48. The lowest BCUT2D eigenvalue weighted by atomic mass is 10.2. The highest BCUT2D eigenvalue weighted by atomic mass is 32.1. The van der Waals surface area contributed by atoms with E-state index in [0.29, 0.717) is 0 Å². The molecule has 0 spiro atoms. The van der Waals surface area contributed by atoms with Gasteiger partial charge >= 0.3 is 0 Å². The van der Waals surface area contributed by atoms with E-state index < -0.39 is 0 Å². The van der Waals surface area contributed by atoms with Crippen molar-refractivity contribution in [2.45, 2.75) is 26.3 Å². The highest BCUT2D eigenvalue weighted by Gasteiger charge is 2.17. The van der Waals surface area contributed by atoms with Gasteiger partial charge in [0.1, 0.15) is 5.69 Å². The van der Waals surface area contributed by atoms with Crippen molar-refractivity contribution in [3.05, 3.63) is 33.8 Å². The Balaban J connectivity index is 2.21. The molecule has 2 aromatic rings. The number of aromatic amines is 1. The molecule has 0 fully saturated rings. The van der Waals surface area contributed by atoms with Crippen molar-refractivity contribution in [3.63, 3.8) is 0 Å². The minimum Gasteiger partial charge on any atom is -0.304 e. The second-order valence-corrected chi connectivity index (χ2v) is 5.05. The van der Waals surface area contributed by atoms with Crippen molar-refractivity contribution in [1.82, 2.24) is 20.7 Å². The van der Waals surface area contributed by atoms with Gasteiger partial charge in [0.25, 0.3) is 0 Å². The lowest BCUT2D eigenvalue weighted by Crippen LogP contribution is -2.22. The molecule has 0 aliphatic heterocycles. The van der Waals surface area contributed by atoms with Crippen LogP contribution in [-0.2, 0) is 0 Å². The molecule has 0 bridgehead atoms. The average molecular weight is 236 g/mol. The van der Waals surface area contributed by atoms with Crippen LogP contribution in [0.4, 0.5) is 0 Å². The van der Waals surface area contributed by atoms with Gasteiger partial charge in [0, 0.05) is 9.75 Å². The molecule has 2 N–H and O–H groups in total. The van der Waals surface area contributed by atoms with Gasteiger partial charge in [-0.15, -0.1) is 11.3 Å². The topological polar surface area (TPSA) is 53.6 Å². The molecule has 0 amide bonds. The zero-order chi connectivity index (χ0) is 11.4. The van der Waals surface area contributed by atoms with Crippen LogP contribution in [0.2, 0.25) is 0 Å². The van der Waals surface area contributed by atoms with Gasteiger partial charge in [-0.3, -0.25) is 0 Å². The molecule has 0 saturated heterocycles. The van der Waals surface area contributed by atoms with E-state index in [9.17, 15) is 0 Å². The van der Waals surface area contributed by atoms with Gasteiger partial charge < -0.3 is 5.32 Å². The van der Waals surface area contributed by atoms with Crippen LogP contribution in [0.25, 0.3) is 0 Å². The second-order valence-electron chi connectivity index (χ2n) is 3.73. The van der Waals surface area contributed by atoms with Gasteiger partial charge in [-0.05, 0) is 32.0 Å². The van der Waals surface area contributed by atoms with E-state index >= 15 is 0 Å². The molecule has 0 aliphatic carbocycles. The number of thiophene rings is 1. The summed E-state index contributed by atoms with van der Waals surface area (Å²) in [6, 6.07) is 4.46. The maximum absolute atomic E-state index is 4.16. The summed E-state index contributed by atoms with van der Waals surface area (Å²) in [6.07, 6.45) is 2.89. The number of hydrogen-bond acceptors (Lipinski definition) is 4. The van der Waals surface area contributed by atoms with E-state index in [1.54, 1.807) is 17.5 Å². The SMILES string of the molecule is CCCNC(c1cn[nH]n1)c1ccc(C)s1. The summed E-state index contributed by atoms with van der Waals surface area (Å²) in [5.41, 5.74) is 0.954. The smallest absolute Gasteiger partial charge is 0.105 e. The van der Waals surface area contributed by atoms with Crippen LogP contribution in [0.3, 0.4) is 0 Å². The molecule has 4 nitrogen and oxygen atoms in total. The molecule has 0 aliphatic rings. The number of H-pyrrole nitrogens is 1. The third-order valence-electron chi connectivity index (χ3n) is 2.37. The van der Waals surface area contributed by atoms with E-state index in [1.807, 2.05) is 0 Å². The Morgan fingerprint density at radius 1 is 1.50 bits per heavy atom. The minimum atomic E-state index is 0.164. The molecular formula is C11H16N4S. The Morgan fingerprint density at radius 3 is 2.94 bits per heavy atom. The summed E-state index contributed by atoms with van der Waals surface area (Å²) in [6.45, 7) is 5.26. The molecule has 2 heterocycles. The molecule has 1 unspecified atom stereocenters. The zero-order valence-electron chi connectivity index (χ0n) is 9.53. The molecule has 16 heavy (non-hydrogen) atoms. The Bertz CT molecular complexity index is 421. The van der Waals surface area contributed by atoms with Gasteiger partial charge in [0.2, 0.25) is 0 Å². The summed E-state index contributed by atoms with van der Waals surface area (Å²) in [4.78, 5) is 2.61. The summed E-state index contributed by atoms with van der Waals surface area (Å²) in [5, 5.41) is 14.2. The van der Waals surface area contributed by atoms with Gasteiger partial charge in [-0.2, -0.15) is 15.4 Å². The minimum absolute atomic E-state index is 0.164. The number of nitrogens with zero attached hydrogens (tertiary/aromatic N) is 2. The fraction of sp³-hybridized carbons (Fsp3) is 0.455. The Morgan fingerprint density at radius 2 is 2.38 bits per heavy atom. The second kappa shape index (κ2) is 5.23. The lowest BCUT2D eigenvalue weighted by Gasteiger charge is -2.13. The van der Waals surface area contributed by atoms with Crippen LogP contribution in [0.15, 0.2) is 18.3 Å². The largest absolute Gasteiger partial charge is 0.304 e. The number of aromatic nitrogens is 3. The highest BCUT2D eigenvalue weighted by Crippen LogP contribution is 2.26. The standard InChI is InChI=1S/C11H16N4S/c1-3-6-12-11(9-7-13-15-14-9)10-5-4-8(2)16-10/h4-5,7,11-12H,3,6H2,1-2H3,(H,13,14,15). The number of aryl methyl sites for hydroxylation is 1. The molecule has 86 valence electrons. The van der Waals surface area contributed by atoms with Crippen LogP contribution in [-0.4, -0.2) is 22.0 Å². The fourth-order valence-corrected chi connectivity index (χ4v) is 2.56. The van der Waals surface area contributed by atoms with Crippen molar-refractivity contribution < 1.29 is 0 Å². The molecule has 2 aromatic heterocycles. The zero-order valence-corrected chi connectivity index (χ0v) is 10.3. The number of hydrogen-bond donors (Lipinski definition) is 2. The highest BCUT2D eigenvalue weighted by molar-refractivity contribution is 7.12. The molecule has 0 aromatic carbocycles. The summed E-state index contributed by atoms with van der Waals surface area (Å²) in [5.74, 6) is 0. The maximum atomic E-state index is 4.16. The van der Waals surface area contributed by atoms with Crippen molar-refractivity contribution in [1.29, 1.82) is 0 Å². The molecule has 2 rings (SSSR count).